The monoisotopic (exact) mass is 354 g/mol. The molecule has 0 fully saturated rings. The van der Waals surface area contributed by atoms with Crippen LogP contribution < -0.4 is 11.1 Å². The Bertz CT molecular complexity index is 724. The van der Waals surface area contributed by atoms with Crippen molar-refractivity contribution in [2.45, 2.75) is 32.7 Å². The van der Waals surface area contributed by atoms with Crippen molar-refractivity contribution in [2.75, 3.05) is 11.1 Å². The van der Waals surface area contributed by atoms with Crippen LogP contribution in [-0.2, 0) is 12.7 Å². The van der Waals surface area contributed by atoms with Gasteiger partial charge in [-0.25, -0.2) is 4.98 Å². The van der Waals surface area contributed by atoms with Gasteiger partial charge in [0, 0.05) is 6.20 Å². The molecule has 0 aromatic carbocycles. The number of hydrogen-bond acceptors (Lipinski definition) is 5. The molecule has 0 aliphatic carbocycles. The summed E-state index contributed by atoms with van der Waals surface area (Å²) in [6.07, 6.45) is -8.11. The number of nitrogen functional groups attached to an aromatic ring is 1. The second kappa shape index (κ2) is 5.83. The molecular weight excluding hydrogens is 342 g/mol. The number of nitrogens with zero attached hydrogens (tertiary/aromatic N) is 4. The normalized spacial score (nSPS) is 12.5. The zero-order valence-corrected chi connectivity index (χ0v) is 12.4. The minimum absolute atomic E-state index is 0.123. The molecule has 0 aliphatic heterocycles. The number of nitrogens with one attached hydrogen (secondary N) is 1. The number of nitrogens with two attached hydrogens (primary N) is 1. The Morgan fingerprint density at radius 2 is 1.71 bits per heavy atom. The number of halogens is 6. The van der Waals surface area contributed by atoms with Crippen molar-refractivity contribution in [1.29, 1.82) is 0 Å². The van der Waals surface area contributed by atoms with Crippen molar-refractivity contribution < 1.29 is 26.3 Å². The Kier molecular flexibility index (Phi) is 4.33. The zero-order chi connectivity index (χ0) is 18.3. The summed E-state index contributed by atoms with van der Waals surface area (Å²) in [5.41, 5.74) is 4.06. The van der Waals surface area contributed by atoms with E-state index in [1.807, 2.05) is 0 Å². The molecule has 0 atom stereocenters. The fourth-order valence-corrected chi connectivity index (χ4v) is 2.03. The van der Waals surface area contributed by atoms with Crippen LogP contribution in [0.4, 0.5) is 43.8 Å². The van der Waals surface area contributed by atoms with E-state index < -0.39 is 36.0 Å². The summed E-state index contributed by atoms with van der Waals surface area (Å²) in [5.74, 6) is -1.05. The van der Waals surface area contributed by atoms with Crippen molar-refractivity contribution in [3.63, 3.8) is 0 Å². The molecular formula is C12H12F6N6. The third-order valence-electron chi connectivity index (χ3n) is 2.94. The van der Waals surface area contributed by atoms with Gasteiger partial charge in [0.05, 0.1) is 17.1 Å². The second-order valence-corrected chi connectivity index (χ2v) is 4.96. The van der Waals surface area contributed by atoms with E-state index >= 15 is 0 Å². The average molecular weight is 354 g/mol. The van der Waals surface area contributed by atoms with Gasteiger partial charge in [0.1, 0.15) is 17.9 Å². The van der Waals surface area contributed by atoms with Gasteiger partial charge < -0.3 is 11.1 Å². The van der Waals surface area contributed by atoms with Crippen molar-refractivity contribution >= 4 is 17.5 Å². The maximum absolute atomic E-state index is 12.8. The molecule has 2 heterocycles. The fourth-order valence-electron chi connectivity index (χ4n) is 2.03. The molecule has 2 aromatic heterocycles. The molecule has 132 valence electrons. The lowest BCUT2D eigenvalue weighted by molar-refractivity contribution is -0.142. The molecule has 6 nitrogen and oxygen atoms in total. The Labute approximate surface area is 131 Å². The van der Waals surface area contributed by atoms with Gasteiger partial charge in [0.25, 0.3) is 0 Å². The first kappa shape index (κ1) is 17.8. The summed E-state index contributed by atoms with van der Waals surface area (Å²) in [7, 11) is 0. The van der Waals surface area contributed by atoms with E-state index in [1.54, 1.807) is 0 Å². The number of hydrogen-bond donors (Lipinski definition) is 2. The molecule has 2 rings (SSSR count). The van der Waals surface area contributed by atoms with E-state index in [9.17, 15) is 26.3 Å². The van der Waals surface area contributed by atoms with Crippen LogP contribution in [0.25, 0.3) is 0 Å². The first-order chi connectivity index (χ1) is 10.9. The molecule has 24 heavy (non-hydrogen) atoms. The minimum Gasteiger partial charge on any atom is -0.383 e. The van der Waals surface area contributed by atoms with Gasteiger partial charge in [-0.1, -0.05) is 0 Å². The van der Waals surface area contributed by atoms with Crippen LogP contribution in [0, 0.1) is 13.8 Å². The summed E-state index contributed by atoms with van der Waals surface area (Å²) in [6.45, 7) is 1.23. The van der Waals surface area contributed by atoms with E-state index in [1.165, 1.54) is 6.92 Å². The minimum atomic E-state index is -4.71. The molecule has 0 aliphatic rings. The lowest BCUT2D eigenvalue weighted by atomic mass is 10.2. The quantitative estimate of drug-likeness (QED) is 0.828. The maximum Gasteiger partial charge on any atom is 0.421 e. The lowest BCUT2D eigenvalue weighted by Crippen LogP contribution is -2.18. The van der Waals surface area contributed by atoms with Gasteiger partial charge in [0.15, 0.2) is 0 Å². The molecule has 0 saturated carbocycles. The summed E-state index contributed by atoms with van der Waals surface area (Å²) in [6, 6.07) is 0. The molecule has 0 bridgehead atoms. The molecule has 12 heteroatoms. The first-order valence-corrected chi connectivity index (χ1v) is 6.46. The number of alkyl halides is 6. The number of anilines is 3. The molecule has 0 saturated heterocycles. The average Bonchev–Trinajstić information content (AvgIpc) is 2.63. The summed E-state index contributed by atoms with van der Waals surface area (Å²) >= 11 is 0. The maximum atomic E-state index is 12.8. The standard InChI is InChI=1S/C12H12F6N6/c1-5-7(3-24(23-5)4-11(13,14)15)21-10-20-6(2)8(9(19)22-10)12(16,17)18/h3H,4H2,1-2H3,(H3,19,20,21,22). The highest BCUT2D eigenvalue weighted by atomic mass is 19.4. The predicted octanol–water partition coefficient (Wildman–Crippen LogP) is 3.20. The Hall–Kier alpha value is -2.53. The van der Waals surface area contributed by atoms with Gasteiger partial charge >= 0.3 is 12.4 Å². The fraction of sp³-hybridized carbons (Fsp3) is 0.417. The summed E-state index contributed by atoms with van der Waals surface area (Å²) in [5, 5.41) is 6.18. The zero-order valence-electron chi connectivity index (χ0n) is 12.4. The third kappa shape index (κ3) is 4.06. The summed E-state index contributed by atoms with van der Waals surface area (Å²) < 4.78 is 76.1. The van der Waals surface area contributed by atoms with Crippen molar-refractivity contribution in [1.82, 2.24) is 19.7 Å². The van der Waals surface area contributed by atoms with Crippen LogP contribution in [0.5, 0.6) is 0 Å². The van der Waals surface area contributed by atoms with E-state index in [4.69, 9.17) is 5.73 Å². The van der Waals surface area contributed by atoms with Crippen LogP contribution in [0.3, 0.4) is 0 Å². The number of aromatic nitrogens is 4. The number of aryl methyl sites for hydroxylation is 2. The van der Waals surface area contributed by atoms with E-state index in [0.717, 1.165) is 13.1 Å². The van der Waals surface area contributed by atoms with Crippen LogP contribution in [0.1, 0.15) is 17.0 Å². The van der Waals surface area contributed by atoms with Gasteiger partial charge in [-0.2, -0.15) is 36.4 Å². The predicted molar refractivity (Wildman–Crippen MR) is 72.5 cm³/mol. The molecule has 0 radical (unpaired) electrons. The van der Waals surface area contributed by atoms with Crippen LogP contribution in [0.2, 0.25) is 0 Å². The van der Waals surface area contributed by atoms with E-state index in [2.05, 4.69) is 20.4 Å². The van der Waals surface area contributed by atoms with Crippen LogP contribution in [0.15, 0.2) is 6.20 Å². The van der Waals surface area contributed by atoms with Crippen molar-refractivity contribution in [3.05, 3.63) is 23.1 Å². The van der Waals surface area contributed by atoms with Gasteiger partial charge in [0.2, 0.25) is 5.95 Å². The van der Waals surface area contributed by atoms with Crippen molar-refractivity contribution in [3.8, 4) is 0 Å². The second-order valence-electron chi connectivity index (χ2n) is 4.96. The highest BCUT2D eigenvalue weighted by molar-refractivity contribution is 5.58. The molecule has 0 unspecified atom stereocenters. The van der Waals surface area contributed by atoms with Crippen LogP contribution >= 0.6 is 0 Å². The Morgan fingerprint density at radius 1 is 1.08 bits per heavy atom. The third-order valence-corrected chi connectivity index (χ3v) is 2.94. The van der Waals surface area contributed by atoms with Crippen LogP contribution in [-0.4, -0.2) is 25.9 Å². The van der Waals surface area contributed by atoms with Gasteiger partial charge in [-0.05, 0) is 13.8 Å². The number of rotatable bonds is 3. The highest BCUT2D eigenvalue weighted by Gasteiger charge is 2.37. The molecule has 2 aromatic rings. The largest absolute Gasteiger partial charge is 0.421 e. The SMILES string of the molecule is Cc1nn(CC(F)(F)F)cc1Nc1nc(C)c(C(F)(F)F)c(N)n1. The Balaban J connectivity index is 2.29. The first-order valence-electron chi connectivity index (χ1n) is 6.46. The van der Waals surface area contributed by atoms with Crippen molar-refractivity contribution in [2.24, 2.45) is 0 Å². The molecule has 3 N–H and O–H groups in total. The van der Waals surface area contributed by atoms with E-state index in [-0.39, 0.29) is 17.3 Å². The molecule has 0 amide bonds. The Morgan fingerprint density at radius 3 is 2.21 bits per heavy atom. The van der Waals surface area contributed by atoms with Gasteiger partial charge in [-0.3, -0.25) is 4.68 Å². The van der Waals surface area contributed by atoms with E-state index in [0.29, 0.717) is 4.68 Å². The van der Waals surface area contributed by atoms with Gasteiger partial charge in [-0.15, -0.1) is 0 Å². The highest BCUT2D eigenvalue weighted by Crippen LogP contribution is 2.35. The smallest absolute Gasteiger partial charge is 0.383 e. The molecule has 0 spiro atoms. The summed E-state index contributed by atoms with van der Waals surface area (Å²) in [4.78, 5) is 7.14. The lowest BCUT2D eigenvalue weighted by Gasteiger charge is -2.13. The topological polar surface area (TPSA) is 81.7 Å².